The zero-order valence-corrected chi connectivity index (χ0v) is 13.3. The molecule has 2 atom stereocenters. The summed E-state index contributed by atoms with van der Waals surface area (Å²) in [4.78, 5) is 14.6. The van der Waals surface area contributed by atoms with E-state index in [4.69, 9.17) is 0 Å². The Balaban J connectivity index is 1.74. The number of aryl methyl sites for hydroxylation is 2. The van der Waals surface area contributed by atoms with E-state index in [0.717, 1.165) is 45.3 Å². The van der Waals surface area contributed by atoms with Crippen LogP contribution in [0, 0.1) is 5.92 Å². The number of aromatic nitrogens is 2. The Morgan fingerprint density at radius 1 is 1.29 bits per heavy atom. The van der Waals surface area contributed by atoms with Crippen LogP contribution in [0.1, 0.15) is 57.3 Å². The van der Waals surface area contributed by atoms with Crippen LogP contribution in [-0.2, 0) is 24.3 Å². The van der Waals surface area contributed by atoms with Crippen LogP contribution < -0.4 is 0 Å². The van der Waals surface area contributed by atoms with Crippen molar-refractivity contribution in [2.24, 2.45) is 5.92 Å². The van der Waals surface area contributed by atoms with Gasteiger partial charge >= 0.3 is 0 Å². The summed E-state index contributed by atoms with van der Waals surface area (Å²) in [6.07, 6.45) is 6.42. The first kappa shape index (κ1) is 14.8. The fraction of sp³-hybridized carbons (Fsp3) is 0.765. The van der Waals surface area contributed by atoms with Crippen LogP contribution in [-0.4, -0.2) is 33.1 Å². The number of nitrogens with zero attached hydrogens (tertiary/aromatic N) is 3. The first-order valence-electron chi connectivity index (χ1n) is 8.55. The Kier molecular flexibility index (Phi) is 4.43. The molecule has 2 aliphatic rings. The van der Waals surface area contributed by atoms with Crippen LogP contribution in [0.4, 0.5) is 0 Å². The second-order valence-electron chi connectivity index (χ2n) is 6.44. The third-order valence-corrected chi connectivity index (χ3v) is 5.17. The zero-order valence-electron chi connectivity index (χ0n) is 13.3. The van der Waals surface area contributed by atoms with Gasteiger partial charge in [0.1, 0.15) is 5.78 Å². The third-order valence-electron chi connectivity index (χ3n) is 5.17. The number of carbonyl (C=O) groups is 1. The number of hydrogen-bond donors (Lipinski definition) is 0. The highest BCUT2D eigenvalue weighted by Gasteiger charge is 2.38. The fourth-order valence-corrected chi connectivity index (χ4v) is 4.05. The van der Waals surface area contributed by atoms with Gasteiger partial charge in [0.25, 0.3) is 0 Å². The fourth-order valence-electron chi connectivity index (χ4n) is 4.05. The molecule has 1 aliphatic carbocycles. The van der Waals surface area contributed by atoms with Crippen molar-refractivity contribution in [2.45, 2.75) is 71.5 Å². The highest BCUT2D eigenvalue weighted by molar-refractivity contribution is 5.83. The number of likely N-dealkylation sites (tertiary alicyclic amines) is 1. The van der Waals surface area contributed by atoms with Crippen LogP contribution in [0.15, 0.2) is 6.07 Å². The molecule has 4 heteroatoms. The lowest BCUT2D eigenvalue weighted by Gasteiger charge is -2.28. The predicted octanol–water partition coefficient (Wildman–Crippen LogP) is 2.80. The summed E-state index contributed by atoms with van der Waals surface area (Å²) in [5, 5.41) is 4.65. The van der Waals surface area contributed by atoms with E-state index in [-0.39, 0.29) is 0 Å². The molecule has 1 saturated heterocycles. The largest absolute Gasteiger partial charge is 0.299 e. The van der Waals surface area contributed by atoms with Crippen molar-refractivity contribution in [3.05, 3.63) is 17.5 Å². The lowest BCUT2D eigenvalue weighted by molar-refractivity contribution is -0.122. The molecule has 1 aromatic heterocycles. The highest BCUT2D eigenvalue weighted by atomic mass is 16.1. The molecule has 2 unspecified atom stereocenters. The molecular weight excluding hydrogens is 262 g/mol. The average molecular weight is 289 g/mol. The lowest BCUT2D eigenvalue weighted by atomic mass is 9.95. The Morgan fingerprint density at radius 3 is 2.81 bits per heavy atom. The zero-order chi connectivity index (χ0) is 14.8. The van der Waals surface area contributed by atoms with Crippen molar-refractivity contribution in [1.29, 1.82) is 0 Å². The molecule has 2 heterocycles. The minimum Gasteiger partial charge on any atom is -0.299 e. The molecule has 0 aromatic carbocycles. The molecule has 0 bridgehead atoms. The molecule has 4 nitrogen and oxygen atoms in total. The molecule has 2 fully saturated rings. The Labute approximate surface area is 127 Å². The van der Waals surface area contributed by atoms with E-state index >= 15 is 0 Å². The van der Waals surface area contributed by atoms with Gasteiger partial charge in [-0.2, -0.15) is 5.10 Å². The van der Waals surface area contributed by atoms with Gasteiger partial charge in [0, 0.05) is 31.5 Å². The van der Waals surface area contributed by atoms with Crippen LogP contribution >= 0.6 is 0 Å². The van der Waals surface area contributed by atoms with E-state index in [2.05, 4.69) is 34.6 Å². The van der Waals surface area contributed by atoms with Gasteiger partial charge in [0.2, 0.25) is 0 Å². The molecule has 0 N–H and O–H groups in total. The second kappa shape index (κ2) is 6.30. The first-order chi connectivity index (χ1) is 10.2. The number of hydrogen-bond acceptors (Lipinski definition) is 3. The van der Waals surface area contributed by atoms with Crippen molar-refractivity contribution >= 4 is 5.78 Å². The quantitative estimate of drug-likeness (QED) is 0.836. The number of rotatable bonds is 5. The van der Waals surface area contributed by atoms with Gasteiger partial charge in [-0.15, -0.1) is 0 Å². The van der Waals surface area contributed by atoms with Gasteiger partial charge in [-0.1, -0.05) is 6.92 Å². The van der Waals surface area contributed by atoms with Gasteiger partial charge in [-0.05, 0) is 51.6 Å². The van der Waals surface area contributed by atoms with E-state index in [9.17, 15) is 4.79 Å². The van der Waals surface area contributed by atoms with Crippen molar-refractivity contribution in [2.75, 3.05) is 6.54 Å². The molecule has 116 valence electrons. The van der Waals surface area contributed by atoms with E-state index < -0.39 is 0 Å². The maximum Gasteiger partial charge on any atom is 0.137 e. The summed E-state index contributed by atoms with van der Waals surface area (Å²) in [5.74, 6) is 0.807. The summed E-state index contributed by atoms with van der Waals surface area (Å²) in [5.41, 5.74) is 2.49. The van der Waals surface area contributed by atoms with E-state index in [1.807, 2.05) is 0 Å². The smallest absolute Gasteiger partial charge is 0.137 e. The molecule has 0 spiro atoms. The molecule has 3 rings (SSSR count). The van der Waals surface area contributed by atoms with Gasteiger partial charge in [-0.3, -0.25) is 14.4 Å². The summed E-state index contributed by atoms with van der Waals surface area (Å²) < 4.78 is 2.13. The van der Waals surface area contributed by atoms with Gasteiger partial charge in [0.05, 0.1) is 11.4 Å². The van der Waals surface area contributed by atoms with Gasteiger partial charge in [0.15, 0.2) is 0 Å². The second-order valence-corrected chi connectivity index (χ2v) is 6.44. The molecular formula is C17H27N3O. The molecule has 1 saturated carbocycles. The summed E-state index contributed by atoms with van der Waals surface area (Å²) in [7, 11) is 0. The minimum atomic E-state index is 0.302. The van der Waals surface area contributed by atoms with Crippen LogP contribution in [0.3, 0.4) is 0 Å². The Morgan fingerprint density at radius 2 is 2.14 bits per heavy atom. The SMILES string of the molecule is CCc1cc(CN2CCCC2C2CCCC2=O)n(CC)n1. The van der Waals surface area contributed by atoms with Crippen molar-refractivity contribution < 1.29 is 4.79 Å². The topological polar surface area (TPSA) is 38.1 Å². The third kappa shape index (κ3) is 2.91. The van der Waals surface area contributed by atoms with Gasteiger partial charge in [-0.25, -0.2) is 0 Å². The maximum atomic E-state index is 12.1. The highest BCUT2D eigenvalue weighted by Crippen LogP contribution is 2.34. The predicted molar refractivity (Wildman–Crippen MR) is 83.1 cm³/mol. The minimum absolute atomic E-state index is 0.302. The number of Topliss-reactive ketones (excluding diaryl/α,β-unsaturated/α-hetero) is 1. The summed E-state index contributed by atoms with van der Waals surface area (Å²) in [6.45, 7) is 7.32. The van der Waals surface area contributed by atoms with Crippen molar-refractivity contribution in [3.63, 3.8) is 0 Å². The monoisotopic (exact) mass is 289 g/mol. The van der Waals surface area contributed by atoms with Crippen LogP contribution in [0.25, 0.3) is 0 Å². The lowest BCUT2D eigenvalue weighted by Crippen LogP contribution is -2.37. The maximum absolute atomic E-state index is 12.1. The standard InChI is InChI=1S/C17H27N3O/c1-3-13-11-14(20(4-2)18-13)12-19-10-6-8-16(19)15-7-5-9-17(15)21/h11,15-16H,3-10,12H2,1-2H3. The summed E-state index contributed by atoms with van der Waals surface area (Å²) >= 11 is 0. The first-order valence-corrected chi connectivity index (χ1v) is 8.55. The van der Waals surface area contributed by atoms with E-state index in [1.165, 1.54) is 24.2 Å². The Bertz CT molecular complexity index is 508. The van der Waals surface area contributed by atoms with E-state index in [1.54, 1.807) is 0 Å². The van der Waals surface area contributed by atoms with Gasteiger partial charge < -0.3 is 0 Å². The van der Waals surface area contributed by atoms with Crippen molar-refractivity contribution in [1.82, 2.24) is 14.7 Å². The number of carbonyl (C=O) groups excluding carboxylic acids is 1. The number of ketones is 1. The van der Waals surface area contributed by atoms with Crippen molar-refractivity contribution in [3.8, 4) is 0 Å². The van der Waals surface area contributed by atoms with Crippen LogP contribution in [0.5, 0.6) is 0 Å². The summed E-state index contributed by atoms with van der Waals surface area (Å²) in [6, 6.07) is 2.72. The molecule has 0 radical (unpaired) electrons. The van der Waals surface area contributed by atoms with Crippen LogP contribution in [0.2, 0.25) is 0 Å². The molecule has 0 amide bonds. The molecule has 21 heavy (non-hydrogen) atoms. The average Bonchev–Trinajstić information content (AvgIpc) is 3.18. The Hall–Kier alpha value is -1.16. The molecule has 1 aromatic rings. The van der Waals surface area contributed by atoms with E-state index in [0.29, 0.717) is 17.7 Å². The normalized spacial score (nSPS) is 26.9. The molecule has 1 aliphatic heterocycles.